The molecule has 1 aromatic carbocycles. The van der Waals surface area contributed by atoms with Gasteiger partial charge in [-0.1, -0.05) is 19.9 Å². The Morgan fingerprint density at radius 2 is 1.76 bits per heavy atom. The lowest BCUT2D eigenvalue weighted by atomic mass is 9.96. The lowest BCUT2D eigenvalue weighted by molar-refractivity contribution is 0.0303. The van der Waals surface area contributed by atoms with Gasteiger partial charge in [0, 0.05) is 12.6 Å². The fourth-order valence-corrected chi connectivity index (χ4v) is 2.30. The third-order valence-electron chi connectivity index (χ3n) is 4.09. The molecule has 0 amide bonds. The van der Waals surface area contributed by atoms with Gasteiger partial charge in [0.05, 0.1) is 19.8 Å². The predicted octanol–water partition coefficient (Wildman–Crippen LogP) is 2.78. The average molecular weight is 295 g/mol. The Balaban J connectivity index is 2.60. The molecule has 0 aliphatic rings. The molecule has 0 radical (unpaired) electrons. The van der Waals surface area contributed by atoms with Crippen LogP contribution in [-0.4, -0.2) is 37.5 Å². The molecule has 0 spiro atoms. The summed E-state index contributed by atoms with van der Waals surface area (Å²) in [6.07, 6.45) is 2.41. The molecule has 2 N–H and O–H groups in total. The first-order valence-corrected chi connectivity index (χ1v) is 7.64. The lowest BCUT2D eigenvalue weighted by Crippen LogP contribution is -2.43. The Morgan fingerprint density at radius 3 is 2.29 bits per heavy atom. The SMILES string of the molecule is CCC(O)(CC)CNC(C)Cc1ccc(OC)c(OC)c1. The van der Waals surface area contributed by atoms with Crippen molar-refractivity contribution in [1.29, 1.82) is 0 Å². The Labute approximate surface area is 128 Å². The zero-order chi connectivity index (χ0) is 15.9. The second-order valence-electron chi connectivity index (χ2n) is 5.61. The normalized spacial score (nSPS) is 13.0. The number of nitrogens with one attached hydrogen (secondary N) is 1. The summed E-state index contributed by atoms with van der Waals surface area (Å²) in [6, 6.07) is 6.26. The van der Waals surface area contributed by atoms with E-state index in [1.165, 1.54) is 5.56 Å². The maximum atomic E-state index is 10.3. The fourth-order valence-electron chi connectivity index (χ4n) is 2.30. The molecule has 0 bridgehead atoms. The van der Waals surface area contributed by atoms with Crippen molar-refractivity contribution in [1.82, 2.24) is 5.32 Å². The van der Waals surface area contributed by atoms with E-state index >= 15 is 0 Å². The molecule has 0 aliphatic heterocycles. The topological polar surface area (TPSA) is 50.7 Å². The molecule has 0 saturated heterocycles. The molecule has 0 saturated carbocycles. The number of aliphatic hydroxyl groups is 1. The molecule has 1 rings (SSSR count). The van der Waals surface area contributed by atoms with Crippen molar-refractivity contribution in [3.8, 4) is 11.5 Å². The largest absolute Gasteiger partial charge is 0.493 e. The van der Waals surface area contributed by atoms with E-state index in [4.69, 9.17) is 9.47 Å². The summed E-state index contributed by atoms with van der Waals surface area (Å²) in [5, 5.41) is 13.7. The molecule has 4 heteroatoms. The second kappa shape index (κ2) is 8.25. The van der Waals surface area contributed by atoms with Crippen LogP contribution in [0.4, 0.5) is 0 Å². The fraction of sp³-hybridized carbons (Fsp3) is 0.647. The second-order valence-corrected chi connectivity index (χ2v) is 5.61. The molecule has 21 heavy (non-hydrogen) atoms. The Kier molecular flexibility index (Phi) is 6.99. The monoisotopic (exact) mass is 295 g/mol. The van der Waals surface area contributed by atoms with Crippen LogP contribution in [0.5, 0.6) is 11.5 Å². The van der Waals surface area contributed by atoms with Gasteiger partial charge >= 0.3 is 0 Å². The minimum atomic E-state index is -0.605. The molecular weight excluding hydrogens is 266 g/mol. The Morgan fingerprint density at radius 1 is 1.14 bits per heavy atom. The van der Waals surface area contributed by atoms with Gasteiger partial charge in [0.15, 0.2) is 11.5 Å². The van der Waals surface area contributed by atoms with E-state index in [1.807, 2.05) is 32.0 Å². The van der Waals surface area contributed by atoms with Crippen molar-refractivity contribution in [2.45, 2.75) is 51.7 Å². The third-order valence-corrected chi connectivity index (χ3v) is 4.09. The maximum Gasteiger partial charge on any atom is 0.160 e. The number of hydrogen-bond donors (Lipinski definition) is 2. The lowest BCUT2D eigenvalue weighted by Gasteiger charge is -2.27. The molecule has 0 aromatic heterocycles. The summed E-state index contributed by atoms with van der Waals surface area (Å²) in [4.78, 5) is 0. The summed E-state index contributed by atoms with van der Waals surface area (Å²) in [7, 11) is 3.28. The van der Waals surface area contributed by atoms with Gasteiger partial charge < -0.3 is 19.9 Å². The van der Waals surface area contributed by atoms with Crippen molar-refractivity contribution in [3.63, 3.8) is 0 Å². The van der Waals surface area contributed by atoms with Crippen molar-refractivity contribution in [2.75, 3.05) is 20.8 Å². The highest BCUT2D eigenvalue weighted by atomic mass is 16.5. The minimum Gasteiger partial charge on any atom is -0.493 e. The molecule has 4 nitrogen and oxygen atoms in total. The highest BCUT2D eigenvalue weighted by Crippen LogP contribution is 2.28. The summed E-state index contributed by atoms with van der Waals surface area (Å²) < 4.78 is 10.6. The van der Waals surface area contributed by atoms with E-state index in [2.05, 4.69) is 12.2 Å². The molecule has 1 aromatic rings. The number of rotatable bonds is 9. The minimum absolute atomic E-state index is 0.285. The van der Waals surface area contributed by atoms with E-state index in [1.54, 1.807) is 14.2 Å². The van der Waals surface area contributed by atoms with Crippen molar-refractivity contribution < 1.29 is 14.6 Å². The summed E-state index contributed by atoms with van der Waals surface area (Å²) in [5.74, 6) is 1.49. The van der Waals surface area contributed by atoms with Gasteiger partial charge in [0.25, 0.3) is 0 Å². The van der Waals surface area contributed by atoms with E-state index in [9.17, 15) is 5.11 Å². The van der Waals surface area contributed by atoms with Crippen LogP contribution < -0.4 is 14.8 Å². The Bertz CT molecular complexity index is 430. The first-order valence-electron chi connectivity index (χ1n) is 7.64. The van der Waals surface area contributed by atoms with Gasteiger partial charge in [-0.25, -0.2) is 0 Å². The van der Waals surface area contributed by atoms with Crippen LogP contribution in [0.1, 0.15) is 39.2 Å². The number of methoxy groups -OCH3 is 2. The molecule has 0 aliphatic carbocycles. The number of ether oxygens (including phenoxy) is 2. The number of hydrogen-bond acceptors (Lipinski definition) is 4. The Hall–Kier alpha value is -1.26. The van der Waals surface area contributed by atoms with Crippen molar-refractivity contribution in [2.24, 2.45) is 0 Å². The van der Waals surface area contributed by atoms with Crippen molar-refractivity contribution >= 4 is 0 Å². The van der Waals surface area contributed by atoms with Gasteiger partial charge in [-0.2, -0.15) is 0 Å². The van der Waals surface area contributed by atoms with Gasteiger partial charge in [0.2, 0.25) is 0 Å². The summed E-state index contributed by atoms with van der Waals surface area (Å²) in [6.45, 7) is 6.78. The van der Waals surface area contributed by atoms with E-state index in [0.29, 0.717) is 6.54 Å². The van der Waals surface area contributed by atoms with E-state index in [-0.39, 0.29) is 6.04 Å². The quantitative estimate of drug-likeness (QED) is 0.735. The van der Waals surface area contributed by atoms with Crippen molar-refractivity contribution in [3.05, 3.63) is 23.8 Å². The standard InChI is InChI=1S/C17H29NO3/c1-6-17(19,7-2)12-18-13(3)10-14-8-9-15(20-4)16(11-14)21-5/h8-9,11,13,18-19H,6-7,10,12H2,1-5H3. The highest BCUT2D eigenvalue weighted by Gasteiger charge is 2.22. The van der Waals surface area contributed by atoms with E-state index in [0.717, 1.165) is 30.8 Å². The highest BCUT2D eigenvalue weighted by molar-refractivity contribution is 5.43. The maximum absolute atomic E-state index is 10.3. The molecule has 120 valence electrons. The molecule has 0 heterocycles. The van der Waals surface area contributed by atoms with Gasteiger partial charge in [-0.05, 0) is 43.9 Å². The van der Waals surface area contributed by atoms with Crippen LogP contribution in [-0.2, 0) is 6.42 Å². The van der Waals surface area contributed by atoms with Crippen LogP contribution in [0.2, 0.25) is 0 Å². The van der Waals surface area contributed by atoms with Crippen LogP contribution in [0.3, 0.4) is 0 Å². The average Bonchev–Trinajstić information content (AvgIpc) is 2.52. The molecule has 0 fully saturated rings. The zero-order valence-electron chi connectivity index (χ0n) is 13.9. The van der Waals surface area contributed by atoms with Gasteiger partial charge in [0.1, 0.15) is 0 Å². The zero-order valence-corrected chi connectivity index (χ0v) is 13.9. The van der Waals surface area contributed by atoms with Crippen LogP contribution in [0.25, 0.3) is 0 Å². The first-order chi connectivity index (χ1) is 9.97. The first kappa shape index (κ1) is 17.8. The molecule has 1 unspecified atom stereocenters. The van der Waals surface area contributed by atoms with Gasteiger partial charge in [-0.15, -0.1) is 0 Å². The summed E-state index contributed by atoms with van der Waals surface area (Å²) in [5.41, 5.74) is 0.579. The third kappa shape index (κ3) is 5.21. The molecule has 1 atom stereocenters. The number of benzene rings is 1. The van der Waals surface area contributed by atoms with E-state index < -0.39 is 5.60 Å². The van der Waals surface area contributed by atoms with Crippen LogP contribution >= 0.6 is 0 Å². The summed E-state index contributed by atoms with van der Waals surface area (Å²) >= 11 is 0. The van der Waals surface area contributed by atoms with Crippen LogP contribution in [0.15, 0.2) is 18.2 Å². The van der Waals surface area contributed by atoms with Crippen LogP contribution in [0, 0.1) is 0 Å². The molecular formula is C17H29NO3. The smallest absolute Gasteiger partial charge is 0.160 e. The van der Waals surface area contributed by atoms with Gasteiger partial charge in [-0.3, -0.25) is 0 Å². The predicted molar refractivity (Wildman–Crippen MR) is 86.2 cm³/mol.